The van der Waals surface area contributed by atoms with Crippen LogP contribution in [0.4, 0.5) is 5.69 Å². The molecule has 0 fully saturated rings. The van der Waals surface area contributed by atoms with Gasteiger partial charge in [0.1, 0.15) is 6.29 Å². The van der Waals surface area contributed by atoms with E-state index < -0.39 is 5.41 Å². The Labute approximate surface area is 166 Å². The van der Waals surface area contributed by atoms with Crippen LogP contribution >= 0.6 is 0 Å². The number of fused-ring (bicyclic) bond motifs is 6. The molecule has 1 aliphatic heterocycles. The zero-order valence-corrected chi connectivity index (χ0v) is 16.9. The van der Waals surface area contributed by atoms with Crippen molar-refractivity contribution in [1.29, 1.82) is 0 Å². The highest BCUT2D eigenvalue weighted by Crippen LogP contribution is 2.37. The molecule has 2 aliphatic rings. The fraction of sp³-hybridized carbons (Fsp3) is 0.391. The Morgan fingerprint density at radius 3 is 2.93 bits per heavy atom. The first kappa shape index (κ1) is 18.5. The van der Waals surface area contributed by atoms with Gasteiger partial charge in [-0.2, -0.15) is 5.10 Å². The van der Waals surface area contributed by atoms with E-state index in [0.29, 0.717) is 6.54 Å². The van der Waals surface area contributed by atoms with Gasteiger partial charge in [0.25, 0.3) is 0 Å². The van der Waals surface area contributed by atoms with Crippen LogP contribution in [0.2, 0.25) is 0 Å². The van der Waals surface area contributed by atoms with Gasteiger partial charge in [0, 0.05) is 48.2 Å². The molecule has 4 rings (SSSR count). The van der Waals surface area contributed by atoms with Crippen molar-refractivity contribution in [3.05, 3.63) is 53.4 Å². The molecule has 1 aliphatic carbocycles. The van der Waals surface area contributed by atoms with Crippen molar-refractivity contribution in [3.63, 3.8) is 0 Å². The van der Waals surface area contributed by atoms with Gasteiger partial charge in [-0.15, -0.1) is 6.58 Å². The number of aromatic amines is 1. The van der Waals surface area contributed by atoms with Gasteiger partial charge in [0.15, 0.2) is 0 Å². The number of aldehydes is 1. The van der Waals surface area contributed by atoms with Gasteiger partial charge < -0.3 is 15.1 Å². The fourth-order valence-electron chi connectivity index (χ4n) is 4.29. The maximum atomic E-state index is 11.8. The predicted octanol–water partition coefficient (Wildman–Crippen LogP) is 4.50. The molecule has 5 heteroatoms. The first-order chi connectivity index (χ1) is 13.4. The third-order valence-corrected chi connectivity index (χ3v) is 5.73. The van der Waals surface area contributed by atoms with E-state index in [0.717, 1.165) is 60.1 Å². The number of nitrogens with zero attached hydrogens (tertiary/aromatic N) is 2. The Hall–Kier alpha value is -2.82. The second kappa shape index (κ2) is 6.97. The maximum absolute atomic E-state index is 11.8. The summed E-state index contributed by atoms with van der Waals surface area (Å²) < 4.78 is 0. The number of aromatic nitrogens is 1. The number of carbonyl (C=O) groups excluding carboxylic acids is 1. The van der Waals surface area contributed by atoms with Gasteiger partial charge in [-0.05, 0) is 61.9 Å². The number of benzene rings is 1. The van der Waals surface area contributed by atoms with Crippen LogP contribution in [-0.2, 0) is 16.6 Å². The second-order valence-electron chi connectivity index (χ2n) is 8.37. The third-order valence-electron chi connectivity index (χ3n) is 5.73. The highest BCUT2D eigenvalue weighted by Gasteiger charge is 2.27. The number of H-pyrrole nitrogens is 1. The predicted molar refractivity (Wildman–Crippen MR) is 116 cm³/mol. The first-order valence-corrected chi connectivity index (χ1v) is 9.93. The lowest BCUT2D eigenvalue weighted by Crippen LogP contribution is -2.21. The minimum absolute atomic E-state index is 0.574. The minimum Gasteiger partial charge on any atom is -0.381 e. The van der Waals surface area contributed by atoms with Gasteiger partial charge >= 0.3 is 0 Å². The van der Waals surface area contributed by atoms with Crippen molar-refractivity contribution in [2.24, 2.45) is 5.10 Å². The Morgan fingerprint density at radius 1 is 1.36 bits per heavy atom. The van der Waals surface area contributed by atoms with Crippen LogP contribution in [0.25, 0.3) is 10.9 Å². The van der Waals surface area contributed by atoms with Crippen molar-refractivity contribution >= 4 is 28.6 Å². The summed E-state index contributed by atoms with van der Waals surface area (Å²) in [5.41, 5.74) is 7.50. The van der Waals surface area contributed by atoms with Crippen LogP contribution in [0, 0.1) is 0 Å². The smallest absolute Gasteiger partial charge is 0.130 e. The highest BCUT2D eigenvalue weighted by molar-refractivity contribution is 6.07. The summed E-state index contributed by atoms with van der Waals surface area (Å²) in [6.07, 6.45) is 9.16. The topological polar surface area (TPSA) is 60.5 Å². The molecule has 0 unspecified atom stereocenters. The van der Waals surface area contributed by atoms with E-state index in [4.69, 9.17) is 5.10 Å². The minimum atomic E-state index is -0.574. The number of anilines is 1. The van der Waals surface area contributed by atoms with Crippen LogP contribution < -0.4 is 5.32 Å². The number of hydrazone groups is 1. The molecule has 5 nitrogen and oxygen atoms in total. The van der Waals surface area contributed by atoms with Gasteiger partial charge in [-0.3, -0.25) is 5.01 Å². The maximum Gasteiger partial charge on any atom is 0.130 e. The van der Waals surface area contributed by atoms with Crippen LogP contribution in [0.5, 0.6) is 0 Å². The quantitative estimate of drug-likeness (QED) is 0.596. The molecule has 1 aromatic heterocycles. The fourth-order valence-corrected chi connectivity index (χ4v) is 4.29. The molecule has 2 aromatic rings. The zero-order chi connectivity index (χ0) is 19.9. The Kier molecular flexibility index (Phi) is 4.61. The SMILES string of the molecule is C=CCNc1cc2c3c([nH]c2cc1C(C)(C)C=O)C1=NN(C)C=C(CCC3)C1. The van der Waals surface area contributed by atoms with Gasteiger partial charge in [-0.25, -0.2) is 0 Å². The molecule has 146 valence electrons. The highest BCUT2D eigenvalue weighted by atomic mass is 16.1. The summed E-state index contributed by atoms with van der Waals surface area (Å²) in [6, 6.07) is 4.32. The number of nitrogens with one attached hydrogen (secondary N) is 2. The van der Waals surface area contributed by atoms with Crippen molar-refractivity contribution in [1.82, 2.24) is 9.99 Å². The Balaban J connectivity index is 1.92. The third kappa shape index (κ3) is 3.15. The molecule has 2 heterocycles. The van der Waals surface area contributed by atoms with E-state index in [-0.39, 0.29) is 0 Å². The molecule has 0 spiro atoms. The average molecular weight is 377 g/mol. The number of aryl methyl sites for hydroxylation is 1. The number of carbonyl (C=O) groups is 1. The molecule has 28 heavy (non-hydrogen) atoms. The summed E-state index contributed by atoms with van der Waals surface area (Å²) in [5.74, 6) is 0. The van der Waals surface area contributed by atoms with Crippen LogP contribution in [-0.4, -0.2) is 35.6 Å². The molecule has 0 radical (unpaired) electrons. The summed E-state index contributed by atoms with van der Waals surface area (Å²) in [5, 5.41) is 11.3. The molecule has 0 atom stereocenters. The second-order valence-corrected chi connectivity index (χ2v) is 8.37. The number of hydrogen-bond acceptors (Lipinski definition) is 4. The van der Waals surface area contributed by atoms with Crippen molar-refractivity contribution in [2.45, 2.75) is 44.9 Å². The van der Waals surface area contributed by atoms with Crippen LogP contribution in [0.3, 0.4) is 0 Å². The Bertz CT molecular complexity index is 1010. The van der Waals surface area contributed by atoms with Crippen molar-refractivity contribution in [3.8, 4) is 0 Å². The summed E-state index contributed by atoms with van der Waals surface area (Å²) in [6.45, 7) is 8.38. The molecule has 0 amide bonds. The van der Waals surface area contributed by atoms with Crippen molar-refractivity contribution < 1.29 is 4.79 Å². The summed E-state index contributed by atoms with van der Waals surface area (Å²) in [4.78, 5) is 15.4. The summed E-state index contributed by atoms with van der Waals surface area (Å²) in [7, 11) is 1.99. The van der Waals surface area contributed by atoms with E-state index in [1.807, 2.05) is 32.0 Å². The largest absolute Gasteiger partial charge is 0.381 e. The molecule has 2 bridgehead atoms. The normalized spacial score (nSPS) is 16.6. The molecular weight excluding hydrogens is 348 g/mol. The lowest BCUT2D eigenvalue weighted by molar-refractivity contribution is -0.111. The molecule has 0 saturated heterocycles. The first-order valence-electron chi connectivity index (χ1n) is 9.93. The zero-order valence-electron chi connectivity index (χ0n) is 16.9. The van der Waals surface area contributed by atoms with E-state index in [1.165, 1.54) is 16.5 Å². The standard InChI is InChI=1S/C23H28N4O/c1-5-9-24-20-11-17-16-8-6-7-15-10-21(26-27(4)13-15)22(16)25-19(17)12-18(20)23(2,3)14-28/h5,11-14,24-25H,1,6-10H2,2-4H3. The average Bonchev–Trinajstić information content (AvgIpc) is 3.01. The number of hydrogen-bond donors (Lipinski definition) is 2. The molecular formula is C23H28N4O. The van der Waals surface area contributed by atoms with Crippen molar-refractivity contribution in [2.75, 3.05) is 18.9 Å². The van der Waals surface area contributed by atoms with Gasteiger partial charge in [0.2, 0.25) is 0 Å². The van der Waals surface area contributed by atoms with E-state index in [1.54, 1.807) is 0 Å². The van der Waals surface area contributed by atoms with Gasteiger partial charge in [-0.1, -0.05) is 6.08 Å². The lowest BCUT2D eigenvalue weighted by Gasteiger charge is -2.23. The summed E-state index contributed by atoms with van der Waals surface area (Å²) >= 11 is 0. The molecule has 1 aromatic carbocycles. The number of rotatable bonds is 5. The Morgan fingerprint density at radius 2 is 2.18 bits per heavy atom. The van der Waals surface area contributed by atoms with E-state index in [9.17, 15) is 4.79 Å². The molecule has 0 saturated carbocycles. The van der Waals surface area contributed by atoms with Crippen LogP contribution in [0.1, 0.15) is 49.9 Å². The molecule has 2 N–H and O–H groups in total. The lowest BCUT2D eigenvalue weighted by atomic mass is 9.84. The monoisotopic (exact) mass is 376 g/mol. The number of allylic oxidation sites excluding steroid dienone is 1. The van der Waals surface area contributed by atoms with E-state index >= 15 is 0 Å². The van der Waals surface area contributed by atoms with Gasteiger partial charge in [0.05, 0.1) is 11.4 Å². The van der Waals surface area contributed by atoms with Crippen LogP contribution in [0.15, 0.2) is 41.7 Å². The van der Waals surface area contributed by atoms with E-state index in [2.05, 4.69) is 35.2 Å².